The van der Waals surface area contributed by atoms with Crippen molar-refractivity contribution in [3.05, 3.63) is 70.2 Å². The van der Waals surface area contributed by atoms with E-state index in [1.807, 2.05) is 17.0 Å². The molecule has 0 saturated carbocycles. The minimum atomic E-state index is -0.470. The zero-order valence-electron chi connectivity index (χ0n) is 15.7. The van der Waals surface area contributed by atoms with Crippen LogP contribution in [0.1, 0.15) is 27.5 Å². The van der Waals surface area contributed by atoms with Crippen molar-refractivity contribution >= 4 is 23.4 Å². The molecular formula is C22H23ClN2O3. The summed E-state index contributed by atoms with van der Waals surface area (Å²) < 4.78 is 0. The minimum absolute atomic E-state index is 0.0145. The van der Waals surface area contributed by atoms with Gasteiger partial charge in [-0.15, -0.1) is 0 Å². The Bertz CT molecular complexity index is 899. The average Bonchev–Trinajstić information content (AvgIpc) is 3.26. The van der Waals surface area contributed by atoms with Crippen molar-refractivity contribution in [1.82, 2.24) is 9.80 Å². The van der Waals surface area contributed by atoms with Crippen LogP contribution in [-0.2, 0) is 4.79 Å². The van der Waals surface area contributed by atoms with Crippen molar-refractivity contribution in [2.45, 2.75) is 13.0 Å². The number of carbonyl (C=O) groups is 2. The van der Waals surface area contributed by atoms with Crippen LogP contribution in [0.4, 0.5) is 0 Å². The van der Waals surface area contributed by atoms with Crippen LogP contribution in [0.15, 0.2) is 48.5 Å². The van der Waals surface area contributed by atoms with Gasteiger partial charge in [-0.2, -0.15) is 0 Å². The molecule has 0 aliphatic carbocycles. The molecule has 2 aliphatic heterocycles. The molecule has 0 bridgehead atoms. The molecule has 3 atom stereocenters. The first-order valence-electron chi connectivity index (χ1n) is 9.50. The molecule has 2 aromatic rings. The maximum atomic E-state index is 13.3. The molecule has 2 heterocycles. The molecule has 2 aliphatic rings. The number of carbonyl (C=O) groups excluding carboxylic acids is 2. The number of likely N-dealkylation sites (tertiary alicyclic amines) is 2. The number of amides is 2. The first kappa shape index (κ1) is 19.0. The van der Waals surface area contributed by atoms with Gasteiger partial charge in [-0.25, -0.2) is 0 Å². The van der Waals surface area contributed by atoms with E-state index in [4.69, 9.17) is 11.6 Å². The van der Waals surface area contributed by atoms with Gasteiger partial charge in [0.2, 0.25) is 5.91 Å². The fourth-order valence-electron chi connectivity index (χ4n) is 4.63. The average molecular weight is 399 g/mol. The fraction of sp³-hybridized carbons (Fsp3) is 0.364. The largest absolute Gasteiger partial charge is 0.387 e. The molecule has 2 aromatic carbocycles. The van der Waals surface area contributed by atoms with E-state index in [9.17, 15) is 14.7 Å². The third-order valence-corrected chi connectivity index (χ3v) is 6.26. The molecule has 0 radical (unpaired) electrons. The number of halogens is 1. The molecule has 146 valence electrons. The van der Waals surface area contributed by atoms with Gasteiger partial charge in [0.15, 0.2) is 0 Å². The van der Waals surface area contributed by atoms with Gasteiger partial charge in [0.1, 0.15) is 6.61 Å². The number of rotatable bonds is 3. The Morgan fingerprint density at radius 1 is 1.07 bits per heavy atom. The van der Waals surface area contributed by atoms with Gasteiger partial charge in [-0.1, -0.05) is 35.9 Å². The second kappa shape index (κ2) is 7.57. The summed E-state index contributed by atoms with van der Waals surface area (Å²) in [6, 6.07) is 15.0. The summed E-state index contributed by atoms with van der Waals surface area (Å²) in [5.74, 6) is 0.108. The molecule has 0 unspecified atom stereocenters. The highest BCUT2D eigenvalue weighted by molar-refractivity contribution is 6.30. The maximum absolute atomic E-state index is 13.3. The Kier molecular flexibility index (Phi) is 5.13. The summed E-state index contributed by atoms with van der Waals surface area (Å²) in [5, 5.41) is 9.83. The molecule has 2 amide bonds. The third kappa shape index (κ3) is 3.29. The van der Waals surface area contributed by atoms with Crippen LogP contribution in [-0.4, -0.2) is 53.0 Å². The van der Waals surface area contributed by atoms with Crippen molar-refractivity contribution in [3.8, 4) is 0 Å². The second-order valence-electron chi connectivity index (χ2n) is 7.65. The predicted octanol–water partition coefficient (Wildman–Crippen LogP) is 2.91. The molecule has 6 heteroatoms. The molecule has 0 spiro atoms. The highest BCUT2D eigenvalue weighted by Gasteiger charge is 2.50. The first-order valence-corrected chi connectivity index (χ1v) is 9.88. The van der Waals surface area contributed by atoms with Gasteiger partial charge in [0.05, 0.1) is 6.04 Å². The second-order valence-corrected chi connectivity index (χ2v) is 8.08. The molecule has 0 aromatic heterocycles. The lowest BCUT2D eigenvalue weighted by molar-refractivity contribution is -0.133. The van der Waals surface area contributed by atoms with Crippen LogP contribution in [0.5, 0.6) is 0 Å². The van der Waals surface area contributed by atoms with Gasteiger partial charge in [-0.3, -0.25) is 9.59 Å². The van der Waals surface area contributed by atoms with Crippen LogP contribution in [0.25, 0.3) is 0 Å². The monoisotopic (exact) mass is 398 g/mol. The van der Waals surface area contributed by atoms with Crippen LogP contribution < -0.4 is 0 Å². The van der Waals surface area contributed by atoms with Gasteiger partial charge in [-0.05, 0) is 42.3 Å². The summed E-state index contributed by atoms with van der Waals surface area (Å²) in [4.78, 5) is 29.0. The molecule has 5 nitrogen and oxygen atoms in total. The topological polar surface area (TPSA) is 60.9 Å². The highest BCUT2D eigenvalue weighted by atomic mass is 35.5. The predicted molar refractivity (Wildman–Crippen MR) is 107 cm³/mol. The van der Waals surface area contributed by atoms with Crippen molar-refractivity contribution < 1.29 is 14.7 Å². The Hall–Kier alpha value is -2.37. The van der Waals surface area contributed by atoms with E-state index in [1.54, 1.807) is 29.2 Å². The fourth-order valence-corrected chi connectivity index (χ4v) is 4.76. The van der Waals surface area contributed by atoms with Gasteiger partial charge < -0.3 is 14.9 Å². The maximum Gasteiger partial charge on any atom is 0.254 e. The standard InChI is InChI=1S/C22H23ClN2O3/c1-14-4-2-3-5-18(14)21-19-12-24(20(27)13-26)10-16(19)11-25(21)22(28)15-6-8-17(23)9-7-15/h2-9,16,19,21,26H,10-13H2,1H3/t16-,19-,21+/m0/s1. The molecule has 1 N–H and O–H groups in total. The van der Waals surface area contributed by atoms with Crippen molar-refractivity contribution in [2.75, 3.05) is 26.2 Å². The zero-order chi connectivity index (χ0) is 19.8. The van der Waals surface area contributed by atoms with E-state index in [0.29, 0.717) is 30.2 Å². The van der Waals surface area contributed by atoms with Crippen molar-refractivity contribution in [1.29, 1.82) is 0 Å². The number of benzene rings is 2. The Morgan fingerprint density at radius 3 is 2.46 bits per heavy atom. The van der Waals surface area contributed by atoms with Crippen molar-refractivity contribution in [3.63, 3.8) is 0 Å². The smallest absolute Gasteiger partial charge is 0.254 e. The van der Waals surface area contributed by atoms with Crippen LogP contribution in [0, 0.1) is 18.8 Å². The van der Waals surface area contributed by atoms with Crippen molar-refractivity contribution in [2.24, 2.45) is 11.8 Å². The summed E-state index contributed by atoms with van der Waals surface area (Å²) >= 11 is 5.98. The van der Waals surface area contributed by atoms with Gasteiger partial charge in [0.25, 0.3) is 5.91 Å². The summed E-state index contributed by atoms with van der Waals surface area (Å²) in [6.45, 7) is 3.33. The molecule has 4 rings (SSSR count). The molecular weight excluding hydrogens is 376 g/mol. The van der Waals surface area contributed by atoms with Crippen LogP contribution in [0.3, 0.4) is 0 Å². The lowest BCUT2D eigenvalue weighted by Gasteiger charge is -2.31. The Labute approximate surface area is 169 Å². The quantitative estimate of drug-likeness (QED) is 0.864. The van der Waals surface area contributed by atoms with E-state index < -0.39 is 6.61 Å². The van der Waals surface area contributed by atoms with Gasteiger partial charge >= 0.3 is 0 Å². The number of hydrogen-bond acceptors (Lipinski definition) is 3. The minimum Gasteiger partial charge on any atom is -0.387 e. The summed E-state index contributed by atoms with van der Waals surface area (Å²) in [5.41, 5.74) is 2.87. The first-order chi connectivity index (χ1) is 13.5. The SMILES string of the molecule is Cc1ccccc1[C@@H]1[C@H]2CN(C(=O)CO)C[C@H]2CN1C(=O)c1ccc(Cl)cc1. The lowest BCUT2D eigenvalue weighted by Crippen LogP contribution is -2.38. The molecule has 2 fully saturated rings. The number of aliphatic hydroxyl groups is 1. The summed E-state index contributed by atoms with van der Waals surface area (Å²) in [6.07, 6.45) is 0. The van der Waals surface area contributed by atoms with E-state index in [1.165, 1.54) is 0 Å². The van der Waals surface area contributed by atoms with Gasteiger partial charge in [0, 0.05) is 42.1 Å². The molecule has 28 heavy (non-hydrogen) atoms. The number of nitrogens with zero attached hydrogens (tertiary/aromatic N) is 2. The number of hydrogen-bond donors (Lipinski definition) is 1. The Morgan fingerprint density at radius 2 is 1.79 bits per heavy atom. The normalized spacial score (nSPS) is 23.8. The molecule has 2 saturated heterocycles. The number of fused-ring (bicyclic) bond motifs is 1. The van der Waals surface area contributed by atoms with E-state index in [2.05, 4.69) is 19.1 Å². The van der Waals surface area contributed by atoms with E-state index in [-0.39, 0.29) is 29.7 Å². The Balaban J connectivity index is 1.69. The highest BCUT2D eigenvalue weighted by Crippen LogP contribution is 2.46. The third-order valence-electron chi connectivity index (χ3n) is 6.01. The van der Waals surface area contributed by atoms with E-state index in [0.717, 1.165) is 11.1 Å². The number of aliphatic hydroxyl groups excluding tert-OH is 1. The van der Waals surface area contributed by atoms with Crippen LogP contribution in [0.2, 0.25) is 5.02 Å². The van der Waals surface area contributed by atoms with Crippen LogP contribution >= 0.6 is 11.6 Å². The number of aryl methyl sites for hydroxylation is 1. The lowest BCUT2D eigenvalue weighted by atomic mass is 9.87. The van der Waals surface area contributed by atoms with E-state index >= 15 is 0 Å². The summed E-state index contributed by atoms with van der Waals surface area (Å²) in [7, 11) is 0. The zero-order valence-corrected chi connectivity index (χ0v) is 16.5.